The van der Waals surface area contributed by atoms with E-state index in [0.717, 1.165) is 6.47 Å². The van der Waals surface area contributed by atoms with Gasteiger partial charge in [0.25, 0.3) is 11.8 Å². The zero-order valence-corrected chi connectivity index (χ0v) is 12.3. The second-order valence-electron chi connectivity index (χ2n) is 1.76. The standard InChI is InChI=1S/C5H4NO4.Cs/c7-3-10-6-4(8)1-2-5(6)9;/h1-2H2;/q-1;+1. The molecular formula is C5H4CsNO4. The van der Waals surface area contributed by atoms with Crippen LogP contribution in [0.4, 0.5) is 0 Å². The minimum absolute atomic E-state index is 0. The molecule has 1 rings (SSSR count). The van der Waals surface area contributed by atoms with Crippen molar-refractivity contribution in [1.29, 1.82) is 0 Å². The zero-order valence-electron chi connectivity index (χ0n) is 5.99. The van der Waals surface area contributed by atoms with Crippen LogP contribution >= 0.6 is 0 Å². The van der Waals surface area contributed by atoms with E-state index < -0.39 is 11.8 Å². The Bertz CT molecular complexity index is 177. The van der Waals surface area contributed by atoms with Gasteiger partial charge >= 0.3 is 68.9 Å². The number of hydroxylamine groups is 2. The van der Waals surface area contributed by atoms with Gasteiger partial charge in [-0.25, -0.2) is 0 Å². The first-order valence-corrected chi connectivity index (χ1v) is 2.65. The van der Waals surface area contributed by atoms with Crippen molar-refractivity contribution in [1.82, 2.24) is 5.06 Å². The second kappa shape index (κ2) is 5.33. The summed E-state index contributed by atoms with van der Waals surface area (Å²) in [7, 11) is 0. The van der Waals surface area contributed by atoms with E-state index in [1.807, 2.05) is 0 Å². The molecule has 0 aromatic heterocycles. The fourth-order valence-corrected chi connectivity index (χ4v) is 0.695. The predicted octanol–water partition coefficient (Wildman–Crippen LogP) is -3.86. The van der Waals surface area contributed by atoms with Crippen LogP contribution in [0.15, 0.2) is 0 Å². The largest absolute Gasteiger partial charge is 1.00 e. The summed E-state index contributed by atoms with van der Waals surface area (Å²) in [6, 6.07) is 0. The maximum atomic E-state index is 10.6. The summed E-state index contributed by atoms with van der Waals surface area (Å²) in [6.07, 6.45) is 0.223. The van der Waals surface area contributed by atoms with Gasteiger partial charge in [0.1, 0.15) is 0 Å². The molecule has 0 N–H and O–H groups in total. The van der Waals surface area contributed by atoms with E-state index in [9.17, 15) is 14.4 Å². The van der Waals surface area contributed by atoms with Crippen LogP contribution in [0.5, 0.6) is 0 Å². The van der Waals surface area contributed by atoms with Crippen LogP contribution in [0, 0.1) is 0 Å². The number of carbonyl (C=O) groups excluding carboxylic acids is 3. The van der Waals surface area contributed by atoms with Crippen molar-refractivity contribution >= 4 is 18.3 Å². The van der Waals surface area contributed by atoms with Crippen molar-refractivity contribution in [3.8, 4) is 0 Å². The minimum Gasteiger partial charge on any atom is -0.536 e. The van der Waals surface area contributed by atoms with Crippen LogP contribution in [0.3, 0.4) is 0 Å². The molecule has 1 saturated heterocycles. The van der Waals surface area contributed by atoms with Crippen molar-refractivity contribution in [2.45, 2.75) is 12.8 Å². The maximum absolute atomic E-state index is 10.6. The van der Waals surface area contributed by atoms with Crippen molar-refractivity contribution in [3.05, 3.63) is 0 Å². The SMILES string of the molecule is O=[C-]ON1C(=O)CCC1=O.[Cs+]. The van der Waals surface area contributed by atoms with Crippen molar-refractivity contribution in [2.75, 3.05) is 0 Å². The Balaban J connectivity index is 0.000001000. The van der Waals surface area contributed by atoms with Gasteiger partial charge in [-0.15, -0.1) is 5.06 Å². The summed E-state index contributed by atoms with van der Waals surface area (Å²) in [5.41, 5.74) is 0. The molecule has 54 valence electrons. The van der Waals surface area contributed by atoms with Gasteiger partial charge in [0.2, 0.25) is 0 Å². The Morgan fingerprint density at radius 1 is 1.27 bits per heavy atom. The van der Waals surface area contributed by atoms with E-state index in [2.05, 4.69) is 4.84 Å². The van der Waals surface area contributed by atoms with Crippen LogP contribution in [0.2, 0.25) is 0 Å². The molecule has 6 heteroatoms. The van der Waals surface area contributed by atoms with E-state index in [1.165, 1.54) is 0 Å². The van der Waals surface area contributed by atoms with Gasteiger partial charge in [-0.1, -0.05) is 0 Å². The van der Waals surface area contributed by atoms with Gasteiger partial charge in [0.15, 0.2) is 0 Å². The predicted molar refractivity (Wildman–Crippen MR) is 27.9 cm³/mol. The fraction of sp³-hybridized carbons (Fsp3) is 0.400. The molecule has 1 heterocycles. The number of nitrogens with zero attached hydrogens (tertiary/aromatic N) is 1. The van der Waals surface area contributed by atoms with Gasteiger partial charge in [-0.05, 0) is 6.47 Å². The Morgan fingerprint density at radius 2 is 1.73 bits per heavy atom. The van der Waals surface area contributed by atoms with Gasteiger partial charge < -0.3 is 9.63 Å². The molecule has 0 saturated carbocycles. The number of rotatable bonds is 2. The molecule has 5 nitrogen and oxygen atoms in total. The topological polar surface area (TPSA) is 63.7 Å². The van der Waals surface area contributed by atoms with Crippen LogP contribution in [-0.4, -0.2) is 23.3 Å². The first-order valence-electron chi connectivity index (χ1n) is 2.65. The molecule has 1 fully saturated rings. The molecule has 2 amide bonds. The quantitative estimate of drug-likeness (QED) is 0.382. The van der Waals surface area contributed by atoms with Crippen LogP contribution in [0.25, 0.3) is 0 Å². The van der Waals surface area contributed by atoms with E-state index in [0.29, 0.717) is 5.06 Å². The van der Waals surface area contributed by atoms with Gasteiger partial charge in [0.05, 0.1) is 0 Å². The Labute approximate surface area is 122 Å². The average molecular weight is 275 g/mol. The third-order valence-electron chi connectivity index (χ3n) is 1.13. The molecule has 0 spiro atoms. The molecule has 0 aliphatic carbocycles. The van der Waals surface area contributed by atoms with Crippen LogP contribution < -0.4 is 68.9 Å². The first-order chi connectivity index (χ1) is 4.75. The smallest absolute Gasteiger partial charge is 0.536 e. The summed E-state index contributed by atoms with van der Waals surface area (Å²) in [6.45, 7) is 1.00. The molecule has 0 bridgehead atoms. The fourth-order valence-electron chi connectivity index (χ4n) is 0.695. The number of amides is 2. The van der Waals surface area contributed by atoms with Crippen LogP contribution in [-0.2, 0) is 19.2 Å². The molecule has 1 aliphatic rings. The number of hydrogen-bond acceptors (Lipinski definition) is 4. The molecule has 0 radical (unpaired) electrons. The summed E-state index contributed by atoms with van der Waals surface area (Å²) in [5, 5.41) is 0.424. The summed E-state index contributed by atoms with van der Waals surface area (Å²) in [5.74, 6) is -0.985. The van der Waals surface area contributed by atoms with Crippen molar-refractivity contribution in [2.24, 2.45) is 0 Å². The first kappa shape index (κ1) is 11.7. The molecule has 0 aromatic carbocycles. The van der Waals surface area contributed by atoms with Crippen LogP contribution in [0.1, 0.15) is 12.8 Å². The van der Waals surface area contributed by atoms with Gasteiger partial charge in [-0.3, -0.25) is 9.59 Å². The molecule has 0 atom stereocenters. The van der Waals surface area contributed by atoms with E-state index in [-0.39, 0.29) is 81.7 Å². The Morgan fingerprint density at radius 3 is 2.09 bits per heavy atom. The Kier molecular flexibility index (Phi) is 5.65. The second-order valence-corrected chi connectivity index (χ2v) is 1.76. The number of hydrogen-bond donors (Lipinski definition) is 0. The molecule has 11 heavy (non-hydrogen) atoms. The molecule has 0 aromatic rings. The minimum atomic E-state index is -0.492. The summed E-state index contributed by atoms with van der Waals surface area (Å²) >= 11 is 0. The average Bonchev–Trinajstić information content (AvgIpc) is 2.20. The Hall–Kier alpha value is 0.662. The van der Waals surface area contributed by atoms with E-state index >= 15 is 0 Å². The van der Waals surface area contributed by atoms with Crippen molar-refractivity contribution < 1.29 is 88.1 Å². The van der Waals surface area contributed by atoms with Gasteiger partial charge in [-0.2, -0.15) is 0 Å². The third kappa shape index (κ3) is 2.88. The number of carbonyl (C=O) groups is 2. The monoisotopic (exact) mass is 275 g/mol. The van der Waals surface area contributed by atoms with E-state index in [1.54, 1.807) is 0 Å². The molecular weight excluding hydrogens is 271 g/mol. The summed E-state index contributed by atoms with van der Waals surface area (Å²) < 4.78 is 0. The zero-order chi connectivity index (χ0) is 7.56. The van der Waals surface area contributed by atoms with Crippen molar-refractivity contribution in [3.63, 3.8) is 0 Å². The normalized spacial score (nSPS) is 16.2. The summed E-state index contributed by atoms with van der Waals surface area (Å²) in [4.78, 5) is 34.7. The van der Waals surface area contributed by atoms with E-state index in [4.69, 9.17) is 0 Å². The molecule has 0 unspecified atom stereocenters. The maximum Gasteiger partial charge on any atom is 1.00 e. The third-order valence-corrected chi connectivity index (χ3v) is 1.13. The molecule has 1 aliphatic heterocycles. The van der Waals surface area contributed by atoms with Gasteiger partial charge in [0, 0.05) is 12.8 Å². The number of imide groups is 1.